The molecule has 6 nitrogen and oxygen atoms in total. The molecule has 0 spiro atoms. The van der Waals surface area contributed by atoms with E-state index in [0.717, 1.165) is 11.1 Å². The predicted octanol–water partition coefficient (Wildman–Crippen LogP) is 4.53. The number of hydrogen-bond acceptors (Lipinski definition) is 5. The smallest absolute Gasteiger partial charge is 0.339 e. The zero-order valence-electron chi connectivity index (χ0n) is 18.4. The highest BCUT2D eigenvalue weighted by Gasteiger charge is 2.29. The highest BCUT2D eigenvalue weighted by molar-refractivity contribution is 6.32. The van der Waals surface area contributed by atoms with E-state index in [2.05, 4.69) is 0 Å². The lowest BCUT2D eigenvalue weighted by atomic mass is 10.0. The summed E-state index contributed by atoms with van der Waals surface area (Å²) in [5.41, 5.74) is 3.48. The first-order chi connectivity index (χ1) is 16.5. The van der Waals surface area contributed by atoms with E-state index in [0.29, 0.717) is 71.9 Å². The number of morpholine rings is 1. The Hall–Kier alpha value is -3.29. The van der Waals surface area contributed by atoms with E-state index in [9.17, 15) is 14.0 Å². The number of halogens is 2. The van der Waals surface area contributed by atoms with Crippen LogP contribution in [0.1, 0.15) is 33.6 Å². The van der Waals surface area contributed by atoms with Gasteiger partial charge in [-0.05, 0) is 48.3 Å². The Balaban J connectivity index is 1.50. The summed E-state index contributed by atoms with van der Waals surface area (Å²) in [6, 6.07) is 11.9. The number of carbonyl (C=O) groups is 2. The van der Waals surface area contributed by atoms with Gasteiger partial charge in [-0.25, -0.2) is 14.2 Å². The van der Waals surface area contributed by atoms with Gasteiger partial charge in [0.15, 0.2) is 6.61 Å². The minimum Gasteiger partial charge on any atom is -0.452 e. The van der Waals surface area contributed by atoms with Gasteiger partial charge in [-0.3, -0.25) is 4.79 Å². The summed E-state index contributed by atoms with van der Waals surface area (Å²) in [6.07, 6.45) is 2.82. The van der Waals surface area contributed by atoms with Gasteiger partial charge in [0.05, 0.1) is 35.0 Å². The fraction of sp³-hybridized carbons (Fsp3) is 0.269. The van der Waals surface area contributed by atoms with Crippen molar-refractivity contribution in [3.05, 3.63) is 75.7 Å². The van der Waals surface area contributed by atoms with Crippen molar-refractivity contribution in [3.8, 4) is 0 Å². The van der Waals surface area contributed by atoms with E-state index in [4.69, 9.17) is 26.1 Å². The number of ether oxygens (including phenoxy) is 2. The molecule has 0 saturated carbocycles. The van der Waals surface area contributed by atoms with E-state index in [1.807, 2.05) is 24.3 Å². The maximum Gasteiger partial charge on any atom is 0.339 e. The highest BCUT2D eigenvalue weighted by Crippen LogP contribution is 2.38. The quantitative estimate of drug-likeness (QED) is 0.513. The van der Waals surface area contributed by atoms with Crippen LogP contribution in [0, 0.1) is 5.82 Å². The SMILES string of the molecule is O=C(OCC(=O)N1CCOCC1)c1c2c(nc3ccccc13)C(=Cc1c(F)cccc1Cl)CC2. The summed E-state index contributed by atoms with van der Waals surface area (Å²) in [5.74, 6) is -1.24. The zero-order chi connectivity index (χ0) is 23.7. The van der Waals surface area contributed by atoms with Crippen LogP contribution in [0.5, 0.6) is 0 Å². The molecule has 8 heteroatoms. The molecular formula is C26H22ClFN2O4. The number of carbonyl (C=O) groups excluding carboxylic acids is 2. The number of amides is 1. The first-order valence-electron chi connectivity index (χ1n) is 11.1. The third-order valence-electron chi connectivity index (χ3n) is 6.15. The first kappa shape index (κ1) is 22.5. The van der Waals surface area contributed by atoms with E-state index in [1.165, 1.54) is 6.07 Å². The molecule has 174 valence electrons. The van der Waals surface area contributed by atoms with Gasteiger partial charge in [0.25, 0.3) is 5.91 Å². The lowest BCUT2D eigenvalue weighted by molar-refractivity contribution is -0.138. The number of allylic oxidation sites excluding steroid dienone is 1. The molecule has 1 aromatic heterocycles. The molecule has 5 rings (SSSR count). The summed E-state index contributed by atoms with van der Waals surface area (Å²) in [6.45, 7) is 1.58. The van der Waals surface area contributed by atoms with Gasteiger partial charge in [-0.2, -0.15) is 0 Å². The molecule has 2 aliphatic rings. The number of pyridine rings is 1. The topological polar surface area (TPSA) is 68.7 Å². The molecule has 0 bridgehead atoms. The van der Waals surface area contributed by atoms with Crippen molar-refractivity contribution in [2.45, 2.75) is 12.8 Å². The molecule has 1 aliphatic carbocycles. The Morgan fingerprint density at radius 1 is 1.12 bits per heavy atom. The number of aromatic nitrogens is 1. The van der Waals surface area contributed by atoms with Gasteiger partial charge < -0.3 is 14.4 Å². The average molecular weight is 481 g/mol. The number of hydrogen-bond donors (Lipinski definition) is 0. The van der Waals surface area contributed by atoms with Gasteiger partial charge in [0, 0.05) is 24.0 Å². The van der Waals surface area contributed by atoms with Crippen LogP contribution in [0.2, 0.25) is 5.02 Å². The van der Waals surface area contributed by atoms with Crippen molar-refractivity contribution in [3.63, 3.8) is 0 Å². The normalized spacial score (nSPS) is 16.6. The third kappa shape index (κ3) is 4.29. The molecule has 1 fully saturated rings. The van der Waals surface area contributed by atoms with E-state index >= 15 is 0 Å². The van der Waals surface area contributed by atoms with E-state index in [-0.39, 0.29) is 12.5 Å². The highest BCUT2D eigenvalue weighted by atomic mass is 35.5. The number of fused-ring (bicyclic) bond motifs is 2. The van der Waals surface area contributed by atoms with Gasteiger partial charge in [0.2, 0.25) is 0 Å². The molecule has 0 radical (unpaired) electrons. The number of esters is 1. The molecule has 1 aliphatic heterocycles. The Labute approximate surface area is 200 Å². The number of para-hydroxylation sites is 1. The maximum absolute atomic E-state index is 14.4. The summed E-state index contributed by atoms with van der Waals surface area (Å²) >= 11 is 6.22. The number of nitrogens with zero attached hydrogens (tertiary/aromatic N) is 2. The van der Waals surface area contributed by atoms with Gasteiger partial charge >= 0.3 is 5.97 Å². The molecular weight excluding hydrogens is 459 g/mol. The van der Waals surface area contributed by atoms with Crippen LogP contribution in [0.3, 0.4) is 0 Å². The van der Waals surface area contributed by atoms with E-state index < -0.39 is 11.8 Å². The monoisotopic (exact) mass is 480 g/mol. The van der Waals surface area contributed by atoms with Crippen LogP contribution in [0.4, 0.5) is 4.39 Å². The second kappa shape index (κ2) is 9.52. The van der Waals surface area contributed by atoms with Crippen LogP contribution in [-0.4, -0.2) is 54.7 Å². The molecule has 2 aromatic carbocycles. The second-order valence-corrected chi connectivity index (χ2v) is 8.61. The van der Waals surface area contributed by atoms with Crippen LogP contribution in [0.15, 0.2) is 42.5 Å². The summed E-state index contributed by atoms with van der Waals surface area (Å²) in [7, 11) is 0. The number of rotatable bonds is 4. The fourth-order valence-electron chi connectivity index (χ4n) is 4.44. The third-order valence-corrected chi connectivity index (χ3v) is 6.48. The second-order valence-electron chi connectivity index (χ2n) is 8.21. The van der Waals surface area contributed by atoms with Gasteiger partial charge in [0.1, 0.15) is 5.82 Å². The molecule has 0 N–H and O–H groups in total. The Morgan fingerprint density at radius 2 is 1.91 bits per heavy atom. The minimum absolute atomic E-state index is 0.249. The summed E-state index contributed by atoms with van der Waals surface area (Å²) < 4.78 is 25.1. The Morgan fingerprint density at radius 3 is 2.71 bits per heavy atom. The first-order valence-corrected chi connectivity index (χ1v) is 11.5. The van der Waals surface area contributed by atoms with Gasteiger partial charge in [-0.1, -0.05) is 35.9 Å². The lowest BCUT2D eigenvalue weighted by Gasteiger charge is -2.26. The van der Waals surface area contributed by atoms with Crippen LogP contribution in [0.25, 0.3) is 22.6 Å². The van der Waals surface area contributed by atoms with Crippen molar-refractivity contribution >= 4 is 46.0 Å². The Bertz CT molecular complexity index is 1300. The predicted molar refractivity (Wildman–Crippen MR) is 127 cm³/mol. The number of benzene rings is 2. The van der Waals surface area contributed by atoms with Crippen molar-refractivity contribution in [2.24, 2.45) is 0 Å². The largest absolute Gasteiger partial charge is 0.452 e. The summed E-state index contributed by atoms with van der Waals surface area (Å²) in [4.78, 5) is 32.1. The lowest BCUT2D eigenvalue weighted by Crippen LogP contribution is -2.42. The summed E-state index contributed by atoms with van der Waals surface area (Å²) in [5, 5.41) is 0.971. The zero-order valence-corrected chi connectivity index (χ0v) is 19.1. The van der Waals surface area contributed by atoms with Crippen LogP contribution in [-0.2, 0) is 20.7 Å². The Kier molecular flexibility index (Phi) is 6.30. The van der Waals surface area contributed by atoms with Crippen molar-refractivity contribution in [2.75, 3.05) is 32.9 Å². The van der Waals surface area contributed by atoms with Crippen LogP contribution >= 0.6 is 11.6 Å². The fourth-order valence-corrected chi connectivity index (χ4v) is 4.66. The maximum atomic E-state index is 14.4. The molecule has 3 aromatic rings. The van der Waals surface area contributed by atoms with Crippen LogP contribution < -0.4 is 0 Å². The average Bonchev–Trinajstić information content (AvgIpc) is 3.25. The van der Waals surface area contributed by atoms with Gasteiger partial charge in [-0.15, -0.1) is 0 Å². The molecule has 0 atom stereocenters. The minimum atomic E-state index is -0.568. The van der Waals surface area contributed by atoms with Crippen molar-refractivity contribution < 1.29 is 23.5 Å². The molecule has 1 saturated heterocycles. The standard InChI is InChI=1S/C26H22ClFN2O4/c27-20-5-3-6-21(28)19(20)14-16-8-9-18-24(17-4-1-2-7-22(17)29-25(16)18)26(32)34-15-23(31)30-10-12-33-13-11-30/h1-7,14H,8-13,15H2. The molecule has 34 heavy (non-hydrogen) atoms. The van der Waals surface area contributed by atoms with E-state index in [1.54, 1.807) is 23.1 Å². The van der Waals surface area contributed by atoms with Crippen molar-refractivity contribution in [1.29, 1.82) is 0 Å². The molecule has 1 amide bonds. The molecule has 2 heterocycles. The molecule has 0 unspecified atom stereocenters. The van der Waals surface area contributed by atoms with Crippen molar-refractivity contribution in [1.82, 2.24) is 9.88 Å².